The average molecular weight is 215 g/mol. The van der Waals surface area contributed by atoms with Crippen molar-refractivity contribution in [1.29, 1.82) is 0 Å². The zero-order valence-electron chi connectivity index (χ0n) is 10.0. The highest BCUT2D eigenvalue weighted by Crippen LogP contribution is 2.08. The van der Waals surface area contributed by atoms with Crippen molar-refractivity contribution < 1.29 is 14.3 Å². The van der Waals surface area contributed by atoms with E-state index in [1.54, 1.807) is 0 Å². The number of rotatable bonds is 7. The van der Waals surface area contributed by atoms with E-state index >= 15 is 0 Å². The van der Waals surface area contributed by atoms with E-state index in [0.29, 0.717) is 19.4 Å². The van der Waals surface area contributed by atoms with Crippen LogP contribution < -0.4 is 0 Å². The van der Waals surface area contributed by atoms with Gasteiger partial charge in [-0.1, -0.05) is 13.8 Å². The molecule has 0 aliphatic rings. The first-order valence-corrected chi connectivity index (χ1v) is 5.47. The van der Waals surface area contributed by atoms with Gasteiger partial charge in [-0.2, -0.15) is 0 Å². The van der Waals surface area contributed by atoms with E-state index in [0.717, 1.165) is 6.42 Å². The summed E-state index contributed by atoms with van der Waals surface area (Å²) in [6.45, 7) is 7.99. The number of carbonyl (C=O) groups excluding carboxylic acids is 2. The molecule has 15 heavy (non-hydrogen) atoms. The quantitative estimate of drug-likeness (QED) is 0.478. The van der Waals surface area contributed by atoms with Crippen molar-refractivity contribution >= 4 is 12.4 Å². The molecule has 0 aromatic heterocycles. The Morgan fingerprint density at radius 1 is 1.40 bits per heavy atom. The highest BCUT2D eigenvalue weighted by molar-refractivity contribution is 5.78. The summed E-state index contributed by atoms with van der Waals surface area (Å²) in [5, 5.41) is 0. The number of esters is 1. The Kier molecular flexibility index (Phi) is 6.75. The van der Waals surface area contributed by atoms with Gasteiger partial charge in [0, 0.05) is 6.04 Å². The van der Waals surface area contributed by atoms with Crippen molar-refractivity contribution in [3.63, 3.8) is 0 Å². The predicted octanol–water partition coefficient (Wildman–Crippen LogP) is 1.58. The predicted molar refractivity (Wildman–Crippen MR) is 58.4 cm³/mol. The fraction of sp³-hybridized carbons (Fsp3) is 0.818. The summed E-state index contributed by atoms with van der Waals surface area (Å²) in [6.07, 6.45) is 2.09. The molecule has 0 radical (unpaired) electrons. The summed E-state index contributed by atoms with van der Waals surface area (Å²) >= 11 is 0. The fourth-order valence-corrected chi connectivity index (χ4v) is 1.35. The van der Waals surface area contributed by atoms with Crippen LogP contribution in [0, 0.1) is 0 Å². The largest absolute Gasteiger partial charge is 0.464 e. The summed E-state index contributed by atoms with van der Waals surface area (Å²) in [4.78, 5) is 24.0. The van der Waals surface area contributed by atoms with Crippen LogP contribution in [0.3, 0.4) is 0 Å². The van der Waals surface area contributed by atoms with Gasteiger partial charge in [-0.3, -0.25) is 4.79 Å². The van der Waals surface area contributed by atoms with Crippen molar-refractivity contribution in [1.82, 2.24) is 4.90 Å². The Morgan fingerprint density at radius 3 is 2.33 bits per heavy atom. The van der Waals surface area contributed by atoms with Gasteiger partial charge >= 0.3 is 5.97 Å². The molecule has 1 amide bonds. The van der Waals surface area contributed by atoms with E-state index in [1.165, 1.54) is 4.90 Å². The van der Waals surface area contributed by atoms with Crippen molar-refractivity contribution in [2.75, 3.05) is 6.61 Å². The van der Waals surface area contributed by atoms with Gasteiger partial charge < -0.3 is 9.64 Å². The minimum atomic E-state index is -0.450. The molecule has 4 heteroatoms. The van der Waals surface area contributed by atoms with Gasteiger partial charge in [-0.25, -0.2) is 4.79 Å². The van der Waals surface area contributed by atoms with Crippen LogP contribution in [0.15, 0.2) is 0 Å². The third kappa shape index (κ3) is 4.32. The van der Waals surface area contributed by atoms with Crippen molar-refractivity contribution in [2.24, 2.45) is 0 Å². The van der Waals surface area contributed by atoms with Crippen LogP contribution in [0.1, 0.15) is 40.5 Å². The normalized spacial score (nSPS) is 12.3. The van der Waals surface area contributed by atoms with E-state index in [4.69, 9.17) is 4.74 Å². The van der Waals surface area contributed by atoms with Crippen LogP contribution in [-0.4, -0.2) is 36.0 Å². The maximum Gasteiger partial charge on any atom is 0.328 e. The lowest BCUT2D eigenvalue weighted by Gasteiger charge is -2.29. The van der Waals surface area contributed by atoms with Crippen LogP contribution in [0.25, 0.3) is 0 Å². The van der Waals surface area contributed by atoms with E-state index in [9.17, 15) is 9.59 Å². The smallest absolute Gasteiger partial charge is 0.328 e. The van der Waals surface area contributed by atoms with Crippen molar-refractivity contribution in [2.45, 2.75) is 52.6 Å². The Hall–Kier alpha value is -1.06. The molecule has 0 rings (SSSR count). The van der Waals surface area contributed by atoms with E-state index in [1.807, 2.05) is 27.7 Å². The Balaban J connectivity index is 4.43. The number of hydrogen-bond acceptors (Lipinski definition) is 3. The summed E-state index contributed by atoms with van der Waals surface area (Å²) in [7, 11) is 0. The van der Waals surface area contributed by atoms with Crippen molar-refractivity contribution in [3.05, 3.63) is 0 Å². The second-order valence-corrected chi connectivity index (χ2v) is 3.74. The zero-order chi connectivity index (χ0) is 11.8. The molecule has 0 saturated heterocycles. The highest BCUT2D eigenvalue weighted by atomic mass is 16.5. The molecule has 0 aliphatic carbocycles. The van der Waals surface area contributed by atoms with Gasteiger partial charge in [0.1, 0.15) is 6.04 Å². The SMILES string of the molecule is CCCOC(=O)C(CC)N(C=O)C(C)C. The second kappa shape index (κ2) is 7.26. The monoisotopic (exact) mass is 215 g/mol. The number of hydrogen-bond donors (Lipinski definition) is 0. The molecule has 0 fully saturated rings. The first-order valence-electron chi connectivity index (χ1n) is 5.47. The van der Waals surface area contributed by atoms with E-state index < -0.39 is 6.04 Å². The van der Waals surface area contributed by atoms with Crippen molar-refractivity contribution in [3.8, 4) is 0 Å². The van der Waals surface area contributed by atoms with Gasteiger partial charge in [0.2, 0.25) is 6.41 Å². The number of amides is 1. The standard InChI is InChI=1S/C11H21NO3/c1-5-7-15-11(14)10(6-2)12(8-13)9(3)4/h8-10H,5-7H2,1-4H3. The van der Waals surface area contributed by atoms with Crippen LogP contribution in [-0.2, 0) is 14.3 Å². The zero-order valence-corrected chi connectivity index (χ0v) is 10.0. The van der Waals surface area contributed by atoms with Gasteiger partial charge in [-0.15, -0.1) is 0 Å². The van der Waals surface area contributed by atoms with Crippen LogP contribution in [0.4, 0.5) is 0 Å². The molecule has 0 heterocycles. The minimum absolute atomic E-state index is 0.0154. The third-order valence-corrected chi connectivity index (χ3v) is 2.19. The first kappa shape index (κ1) is 13.9. The Bertz CT molecular complexity index is 204. The summed E-state index contributed by atoms with van der Waals surface area (Å²) < 4.78 is 5.04. The summed E-state index contributed by atoms with van der Waals surface area (Å²) in [5.74, 6) is -0.305. The first-order chi connectivity index (χ1) is 7.08. The van der Waals surface area contributed by atoms with Crippen LogP contribution >= 0.6 is 0 Å². The highest BCUT2D eigenvalue weighted by Gasteiger charge is 2.26. The van der Waals surface area contributed by atoms with Crippen LogP contribution in [0.2, 0.25) is 0 Å². The topological polar surface area (TPSA) is 46.6 Å². The lowest BCUT2D eigenvalue weighted by molar-refractivity contribution is -0.153. The Morgan fingerprint density at radius 2 is 2.00 bits per heavy atom. The summed E-state index contributed by atoms with van der Waals surface area (Å²) in [5.41, 5.74) is 0. The number of carbonyl (C=O) groups is 2. The molecule has 0 saturated carbocycles. The third-order valence-electron chi connectivity index (χ3n) is 2.19. The lowest BCUT2D eigenvalue weighted by atomic mass is 10.1. The molecule has 0 N–H and O–H groups in total. The molecule has 0 aliphatic heterocycles. The second-order valence-electron chi connectivity index (χ2n) is 3.74. The van der Waals surface area contributed by atoms with Gasteiger partial charge in [-0.05, 0) is 26.7 Å². The molecular formula is C11H21NO3. The molecule has 0 bridgehead atoms. The Labute approximate surface area is 91.6 Å². The maximum atomic E-state index is 11.6. The maximum absolute atomic E-state index is 11.6. The van der Waals surface area contributed by atoms with Gasteiger partial charge in [0.15, 0.2) is 0 Å². The lowest BCUT2D eigenvalue weighted by Crippen LogP contribution is -2.44. The number of ether oxygens (including phenoxy) is 1. The van der Waals surface area contributed by atoms with Crippen LogP contribution in [0.5, 0.6) is 0 Å². The molecular weight excluding hydrogens is 194 g/mol. The number of nitrogens with zero attached hydrogens (tertiary/aromatic N) is 1. The molecule has 0 aromatic rings. The molecule has 0 spiro atoms. The fourth-order valence-electron chi connectivity index (χ4n) is 1.35. The summed E-state index contributed by atoms with van der Waals surface area (Å²) in [6, 6.07) is -0.435. The molecule has 0 aromatic carbocycles. The minimum Gasteiger partial charge on any atom is -0.464 e. The average Bonchev–Trinajstić information content (AvgIpc) is 2.21. The molecule has 88 valence electrons. The van der Waals surface area contributed by atoms with Gasteiger partial charge in [0.25, 0.3) is 0 Å². The van der Waals surface area contributed by atoms with E-state index in [2.05, 4.69) is 0 Å². The molecule has 4 nitrogen and oxygen atoms in total. The van der Waals surface area contributed by atoms with E-state index in [-0.39, 0.29) is 12.0 Å². The molecule has 1 atom stereocenters. The van der Waals surface area contributed by atoms with Gasteiger partial charge in [0.05, 0.1) is 6.61 Å². The molecule has 1 unspecified atom stereocenters.